The van der Waals surface area contributed by atoms with Gasteiger partial charge in [0.15, 0.2) is 0 Å². The van der Waals surface area contributed by atoms with E-state index in [0.717, 1.165) is 13.0 Å². The molecule has 0 radical (unpaired) electrons. The van der Waals surface area contributed by atoms with Gasteiger partial charge in [0.05, 0.1) is 10.8 Å². The van der Waals surface area contributed by atoms with Gasteiger partial charge in [-0.15, -0.1) is 0 Å². The standard InChI is InChI=1S/C13H13BrFN3O/c14-11-3-2-10(8-12(11)15)13(19)17-4-1-6-18-7-5-16-9-18/h2-3,5,7-9H,1,4,6H2,(H,17,19). The van der Waals surface area contributed by atoms with Gasteiger partial charge in [-0.25, -0.2) is 9.37 Å². The number of carbonyl (C=O) groups is 1. The van der Waals surface area contributed by atoms with Gasteiger partial charge in [0, 0.05) is 31.0 Å². The fourth-order valence-electron chi connectivity index (χ4n) is 1.62. The normalized spacial score (nSPS) is 10.4. The molecule has 1 aromatic heterocycles. The van der Waals surface area contributed by atoms with Crippen LogP contribution in [0, 0.1) is 5.82 Å². The summed E-state index contributed by atoms with van der Waals surface area (Å²) >= 11 is 3.05. The first-order chi connectivity index (χ1) is 9.16. The van der Waals surface area contributed by atoms with Crippen LogP contribution in [0.15, 0.2) is 41.4 Å². The van der Waals surface area contributed by atoms with Crippen LogP contribution >= 0.6 is 15.9 Å². The maximum Gasteiger partial charge on any atom is 0.251 e. The van der Waals surface area contributed by atoms with Crippen molar-refractivity contribution in [2.75, 3.05) is 6.54 Å². The number of amides is 1. The first-order valence-electron chi connectivity index (χ1n) is 5.86. The minimum absolute atomic E-state index is 0.267. The highest BCUT2D eigenvalue weighted by Crippen LogP contribution is 2.16. The Kier molecular flexibility index (Phi) is 4.68. The number of hydrogen-bond donors (Lipinski definition) is 1. The fourth-order valence-corrected chi connectivity index (χ4v) is 1.87. The number of nitrogens with one attached hydrogen (secondary N) is 1. The second-order valence-electron chi connectivity index (χ2n) is 4.04. The molecule has 2 rings (SSSR count). The highest BCUT2D eigenvalue weighted by atomic mass is 79.9. The molecule has 0 aliphatic heterocycles. The summed E-state index contributed by atoms with van der Waals surface area (Å²) in [4.78, 5) is 15.7. The third-order valence-electron chi connectivity index (χ3n) is 2.62. The number of rotatable bonds is 5. The third kappa shape index (κ3) is 3.89. The van der Waals surface area contributed by atoms with Crippen molar-refractivity contribution in [2.45, 2.75) is 13.0 Å². The Bertz CT molecular complexity index is 557. The largest absolute Gasteiger partial charge is 0.352 e. The van der Waals surface area contributed by atoms with E-state index in [0.29, 0.717) is 16.6 Å². The van der Waals surface area contributed by atoms with Crippen molar-refractivity contribution in [3.8, 4) is 0 Å². The molecule has 0 saturated carbocycles. The number of halogens is 2. The summed E-state index contributed by atoms with van der Waals surface area (Å²) in [7, 11) is 0. The van der Waals surface area contributed by atoms with E-state index < -0.39 is 5.82 Å². The SMILES string of the molecule is O=C(NCCCn1ccnc1)c1ccc(Br)c(F)c1. The maximum absolute atomic E-state index is 13.3. The van der Waals surface area contributed by atoms with Crippen molar-refractivity contribution in [2.24, 2.45) is 0 Å². The Morgan fingerprint density at radius 1 is 1.47 bits per heavy atom. The monoisotopic (exact) mass is 325 g/mol. The summed E-state index contributed by atoms with van der Waals surface area (Å²) < 4.78 is 15.6. The summed E-state index contributed by atoms with van der Waals surface area (Å²) in [6, 6.07) is 4.32. The number of aromatic nitrogens is 2. The molecule has 0 saturated heterocycles. The summed E-state index contributed by atoms with van der Waals surface area (Å²) in [6.45, 7) is 1.32. The first-order valence-corrected chi connectivity index (χ1v) is 6.65. The minimum atomic E-state index is -0.439. The van der Waals surface area contributed by atoms with E-state index in [1.54, 1.807) is 18.6 Å². The molecule has 1 N–H and O–H groups in total. The lowest BCUT2D eigenvalue weighted by molar-refractivity contribution is 0.0952. The predicted octanol–water partition coefficient (Wildman–Crippen LogP) is 2.60. The number of aryl methyl sites for hydroxylation is 1. The topological polar surface area (TPSA) is 46.9 Å². The Balaban J connectivity index is 1.79. The highest BCUT2D eigenvalue weighted by molar-refractivity contribution is 9.10. The Morgan fingerprint density at radius 2 is 2.32 bits per heavy atom. The van der Waals surface area contributed by atoms with Crippen molar-refractivity contribution in [3.05, 3.63) is 52.8 Å². The van der Waals surface area contributed by atoms with Crippen LogP contribution in [0.25, 0.3) is 0 Å². The fraction of sp³-hybridized carbons (Fsp3) is 0.231. The predicted molar refractivity (Wildman–Crippen MR) is 73.3 cm³/mol. The zero-order valence-electron chi connectivity index (χ0n) is 10.1. The second-order valence-corrected chi connectivity index (χ2v) is 4.89. The summed E-state index contributed by atoms with van der Waals surface area (Å²) in [5.41, 5.74) is 0.323. The van der Waals surface area contributed by atoms with Gasteiger partial charge in [0.25, 0.3) is 5.91 Å². The quantitative estimate of drug-likeness (QED) is 0.859. The Morgan fingerprint density at radius 3 is 3.00 bits per heavy atom. The van der Waals surface area contributed by atoms with Gasteiger partial charge in [-0.1, -0.05) is 0 Å². The lowest BCUT2D eigenvalue weighted by atomic mass is 10.2. The van der Waals surface area contributed by atoms with Crippen LogP contribution in [-0.2, 0) is 6.54 Å². The smallest absolute Gasteiger partial charge is 0.251 e. The van der Waals surface area contributed by atoms with Crippen LogP contribution in [-0.4, -0.2) is 22.0 Å². The van der Waals surface area contributed by atoms with E-state index in [1.807, 2.05) is 10.8 Å². The van der Waals surface area contributed by atoms with Gasteiger partial charge in [-0.3, -0.25) is 4.79 Å². The molecule has 0 fully saturated rings. The van der Waals surface area contributed by atoms with Crippen LogP contribution in [0.5, 0.6) is 0 Å². The van der Waals surface area contributed by atoms with Crippen LogP contribution in [0.4, 0.5) is 4.39 Å². The minimum Gasteiger partial charge on any atom is -0.352 e. The molecule has 0 unspecified atom stereocenters. The molecule has 0 aliphatic carbocycles. The lowest BCUT2D eigenvalue weighted by Crippen LogP contribution is -2.25. The van der Waals surface area contributed by atoms with Gasteiger partial charge < -0.3 is 9.88 Å². The van der Waals surface area contributed by atoms with Crippen molar-refractivity contribution in [1.82, 2.24) is 14.9 Å². The Labute approximate surface area is 118 Å². The molecule has 1 amide bonds. The number of nitrogens with zero attached hydrogens (tertiary/aromatic N) is 2. The Hall–Kier alpha value is -1.69. The van der Waals surface area contributed by atoms with E-state index in [1.165, 1.54) is 12.1 Å². The molecular formula is C13H13BrFN3O. The van der Waals surface area contributed by atoms with Crippen LogP contribution in [0.1, 0.15) is 16.8 Å². The van der Waals surface area contributed by atoms with Gasteiger partial charge in [-0.2, -0.15) is 0 Å². The van der Waals surface area contributed by atoms with Gasteiger partial charge in [0.1, 0.15) is 5.82 Å². The summed E-state index contributed by atoms with van der Waals surface area (Å²) in [5, 5.41) is 2.75. The summed E-state index contributed by atoms with van der Waals surface area (Å²) in [6.07, 6.45) is 6.10. The molecule has 6 heteroatoms. The average Bonchev–Trinajstić information content (AvgIpc) is 2.91. The molecule has 100 valence electrons. The average molecular weight is 326 g/mol. The zero-order valence-corrected chi connectivity index (χ0v) is 11.7. The zero-order chi connectivity index (χ0) is 13.7. The molecular weight excluding hydrogens is 313 g/mol. The molecule has 2 aromatic rings. The van der Waals surface area contributed by atoms with E-state index in [9.17, 15) is 9.18 Å². The van der Waals surface area contributed by atoms with Gasteiger partial charge in [-0.05, 0) is 40.5 Å². The molecule has 19 heavy (non-hydrogen) atoms. The van der Waals surface area contributed by atoms with E-state index in [4.69, 9.17) is 0 Å². The van der Waals surface area contributed by atoms with Crippen molar-refractivity contribution in [3.63, 3.8) is 0 Å². The van der Waals surface area contributed by atoms with E-state index >= 15 is 0 Å². The van der Waals surface area contributed by atoms with E-state index in [-0.39, 0.29) is 5.91 Å². The third-order valence-corrected chi connectivity index (χ3v) is 3.26. The molecule has 0 atom stereocenters. The van der Waals surface area contributed by atoms with Crippen LogP contribution < -0.4 is 5.32 Å². The number of hydrogen-bond acceptors (Lipinski definition) is 2. The van der Waals surface area contributed by atoms with Crippen molar-refractivity contribution < 1.29 is 9.18 Å². The number of carbonyl (C=O) groups excluding carboxylic acids is 1. The number of imidazole rings is 1. The molecule has 1 heterocycles. The summed E-state index contributed by atoms with van der Waals surface area (Å²) in [5.74, 6) is -0.705. The van der Waals surface area contributed by atoms with Crippen LogP contribution in [0.3, 0.4) is 0 Å². The first kappa shape index (κ1) is 13.7. The lowest BCUT2D eigenvalue weighted by Gasteiger charge is -2.06. The van der Waals surface area contributed by atoms with Gasteiger partial charge in [0.2, 0.25) is 0 Å². The maximum atomic E-state index is 13.3. The molecule has 0 spiro atoms. The molecule has 1 aromatic carbocycles. The molecule has 4 nitrogen and oxygen atoms in total. The number of benzene rings is 1. The molecule has 0 aliphatic rings. The van der Waals surface area contributed by atoms with Crippen molar-refractivity contribution in [1.29, 1.82) is 0 Å². The highest BCUT2D eigenvalue weighted by Gasteiger charge is 2.07. The second kappa shape index (κ2) is 6.47. The van der Waals surface area contributed by atoms with E-state index in [2.05, 4.69) is 26.2 Å². The van der Waals surface area contributed by atoms with Crippen molar-refractivity contribution >= 4 is 21.8 Å². The van der Waals surface area contributed by atoms with Crippen LogP contribution in [0.2, 0.25) is 0 Å². The molecule has 0 bridgehead atoms. The van der Waals surface area contributed by atoms with Gasteiger partial charge >= 0.3 is 0 Å².